The van der Waals surface area contributed by atoms with Crippen molar-refractivity contribution in [3.05, 3.63) is 50.9 Å². The Labute approximate surface area is 108 Å². The van der Waals surface area contributed by atoms with Gasteiger partial charge in [-0.05, 0) is 31.2 Å². The average molecular weight is 297 g/mol. The Morgan fingerprint density at radius 2 is 2.12 bits per heavy atom. The number of thiazole rings is 1. The Kier molecular flexibility index (Phi) is 4.09. The van der Waals surface area contributed by atoms with Crippen LogP contribution in [0.15, 0.2) is 40.4 Å². The van der Waals surface area contributed by atoms with Crippen molar-refractivity contribution >= 4 is 27.3 Å². The van der Waals surface area contributed by atoms with Crippen LogP contribution in [0.3, 0.4) is 0 Å². The van der Waals surface area contributed by atoms with Crippen molar-refractivity contribution in [3.8, 4) is 0 Å². The summed E-state index contributed by atoms with van der Waals surface area (Å²) in [4.78, 5) is 5.40. The van der Waals surface area contributed by atoms with Gasteiger partial charge in [-0.1, -0.05) is 28.1 Å². The van der Waals surface area contributed by atoms with Gasteiger partial charge in [0.2, 0.25) is 0 Å². The molecule has 1 aromatic heterocycles. The molecule has 16 heavy (non-hydrogen) atoms. The first-order valence-electron chi connectivity index (χ1n) is 5.09. The summed E-state index contributed by atoms with van der Waals surface area (Å²) in [5.74, 6) is 0. The smallest absolute Gasteiger partial charge is 0.0794 e. The van der Waals surface area contributed by atoms with Crippen molar-refractivity contribution in [1.29, 1.82) is 0 Å². The number of hydrogen-bond acceptors (Lipinski definition) is 3. The summed E-state index contributed by atoms with van der Waals surface area (Å²) in [5, 5.41) is 3.33. The molecule has 1 aromatic carbocycles. The topological polar surface area (TPSA) is 24.9 Å². The van der Waals surface area contributed by atoms with Crippen molar-refractivity contribution in [2.45, 2.75) is 12.5 Å². The molecule has 84 valence electrons. The number of likely N-dealkylation sites (N-methyl/N-ethyl adjacent to an activating group) is 1. The van der Waals surface area contributed by atoms with E-state index in [0.717, 1.165) is 10.9 Å². The van der Waals surface area contributed by atoms with Gasteiger partial charge in [-0.15, -0.1) is 11.3 Å². The Balaban J connectivity index is 2.10. The molecule has 0 spiro atoms. The standard InChI is InChI=1S/C12H13BrN2S/c1-14-11(12-7-15-8-16-12)6-9-2-4-10(13)5-3-9/h2-5,7-8,11,14H,6H2,1H3. The average Bonchev–Trinajstić information content (AvgIpc) is 2.82. The number of nitrogens with zero attached hydrogens (tertiary/aromatic N) is 1. The summed E-state index contributed by atoms with van der Waals surface area (Å²) in [7, 11) is 1.99. The predicted molar refractivity (Wildman–Crippen MR) is 71.8 cm³/mol. The molecule has 0 saturated carbocycles. The van der Waals surface area contributed by atoms with Crippen LogP contribution >= 0.6 is 27.3 Å². The molecule has 0 saturated heterocycles. The van der Waals surface area contributed by atoms with Gasteiger partial charge in [0.15, 0.2) is 0 Å². The zero-order chi connectivity index (χ0) is 11.4. The van der Waals surface area contributed by atoms with Crippen LogP contribution < -0.4 is 5.32 Å². The third-order valence-electron chi connectivity index (χ3n) is 2.50. The quantitative estimate of drug-likeness (QED) is 0.935. The molecule has 2 rings (SSSR count). The molecule has 1 N–H and O–H groups in total. The molecule has 1 atom stereocenters. The van der Waals surface area contributed by atoms with Crippen LogP contribution in [0.1, 0.15) is 16.5 Å². The third-order valence-corrected chi connectivity index (χ3v) is 3.91. The zero-order valence-electron chi connectivity index (χ0n) is 8.98. The predicted octanol–water partition coefficient (Wildman–Crippen LogP) is 3.41. The number of benzene rings is 1. The van der Waals surface area contributed by atoms with Crippen LogP contribution in [0.25, 0.3) is 0 Å². The fourth-order valence-corrected chi connectivity index (χ4v) is 2.59. The van der Waals surface area contributed by atoms with Gasteiger partial charge in [0, 0.05) is 21.6 Å². The molecule has 4 heteroatoms. The Hall–Kier alpha value is -0.710. The highest BCUT2D eigenvalue weighted by Crippen LogP contribution is 2.22. The number of hydrogen-bond donors (Lipinski definition) is 1. The van der Waals surface area contributed by atoms with E-state index < -0.39 is 0 Å². The molecule has 1 heterocycles. The van der Waals surface area contributed by atoms with Crippen LogP contribution in [0.2, 0.25) is 0 Å². The fourth-order valence-electron chi connectivity index (χ4n) is 1.60. The van der Waals surface area contributed by atoms with Gasteiger partial charge in [-0.25, -0.2) is 0 Å². The van der Waals surface area contributed by atoms with Crippen LogP contribution in [0, 0.1) is 0 Å². The van der Waals surface area contributed by atoms with Gasteiger partial charge in [0.05, 0.1) is 5.51 Å². The highest BCUT2D eigenvalue weighted by atomic mass is 79.9. The second kappa shape index (κ2) is 5.57. The molecule has 1 unspecified atom stereocenters. The molecule has 0 amide bonds. The molecule has 0 aliphatic carbocycles. The molecule has 0 bridgehead atoms. The van der Waals surface area contributed by atoms with Gasteiger partial charge in [-0.3, -0.25) is 4.98 Å². The van der Waals surface area contributed by atoms with E-state index >= 15 is 0 Å². The molecule has 2 nitrogen and oxygen atoms in total. The summed E-state index contributed by atoms with van der Waals surface area (Å²) in [5.41, 5.74) is 3.21. The van der Waals surface area contributed by atoms with Crippen LogP contribution in [-0.2, 0) is 6.42 Å². The minimum absolute atomic E-state index is 0.355. The zero-order valence-corrected chi connectivity index (χ0v) is 11.4. The summed E-state index contributed by atoms with van der Waals surface area (Å²) >= 11 is 5.14. The molecular formula is C12H13BrN2S. The molecule has 2 aromatic rings. The molecule has 0 aliphatic rings. The Morgan fingerprint density at radius 1 is 1.38 bits per heavy atom. The summed E-state index contributed by atoms with van der Waals surface area (Å²) in [6, 6.07) is 8.81. The van der Waals surface area contributed by atoms with Crippen molar-refractivity contribution in [2.75, 3.05) is 7.05 Å². The third kappa shape index (κ3) is 2.90. The van der Waals surface area contributed by atoms with E-state index in [1.807, 2.05) is 18.8 Å². The van der Waals surface area contributed by atoms with Crippen molar-refractivity contribution in [3.63, 3.8) is 0 Å². The van der Waals surface area contributed by atoms with E-state index in [1.54, 1.807) is 11.3 Å². The van der Waals surface area contributed by atoms with E-state index in [0.29, 0.717) is 6.04 Å². The van der Waals surface area contributed by atoms with Crippen LogP contribution in [0.4, 0.5) is 0 Å². The van der Waals surface area contributed by atoms with Crippen LogP contribution in [0.5, 0.6) is 0 Å². The van der Waals surface area contributed by atoms with Crippen molar-refractivity contribution in [2.24, 2.45) is 0 Å². The minimum atomic E-state index is 0.355. The normalized spacial score (nSPS) is 12.6. The lowest BCUT2D eigenvalue weighted by Crippen LogP contribution is -2.17. The van der Waals surface area contributed by atoms with Gasteiger partial charge in [0.1, 0.15) is 0 Å². The highest BCUT2D eigenvalue weighted by Gasteiger charge is 2.11. The largest absolute Gasteiger partial charge is 0.312 e. The first-order chi connectivity index (χ1) is 7.79. The van der Waals surface area contributed by atoms with Gasteiger partial charge < -0.3 is 5.32 Å². The molecular weight excluding hydrogens is 284 g/mol. The van der Waals surface area contributed by atoms with Gasteiger partial charge in [-0.2, -0.15) is 0 Å². The van der Waals surface area contributed by atoms with E-state index in [1.165, 1.54) is 10.4 Å². The maximum Gasteiger partial charge on any atom is 0.0794 e. The molecule has 0 aliphatic heterocycles. The van der Waals surface area contributed by atoms with Gasteiger partial charge in [0.25, 0.3) is 0 Å². The monoisotopic (exact) mass is 296 g/mol. The maximum absolute atomic E-state index is 4.12. The van der Waals surface area contributed by atoms with E-state index in [-0.39, 0.29) is 0 Å². The fraction of sp³-hybridized carbons (Fsp3) is 0.250. The lowest BCUT2D eigenvalue weighted by atomic mass is 10.1. The number of rotatable bonds is 4. The lowest BCUT2D eigenvalue weighted by molar-refractivity contribution is 0.601. The van der Waals surface area contributed by atoms with Crippen molar-refractivity contribution in [1.82, 2.24) is 10.3 Å². The SMILES string of the molecule is CNC(Cc1ccc(Br)cc1)c1cncs1. The minimum Gasteiger partial charge on any atom is -0.312 e. The van der Waals surface area contributed by atoms with E-state index in [2.05, 4.69) is 50.5 Å². The second-order valence-electron chi connectivity index (χ2n) is 3.58. The number of aromatic nitrogens is 1. The summed E-state index contributed by atoms with van der Waals surface area (Å²) in [6.45, 7) is 0. The van der Waals surface area contributed by atoms with Gasteiger partial charge >= 0.3 is 0 Å². The second-order valence-corrected chi connectivity index (χ2v) is 5.41. The first kappa shape index (κ1) is 11.8. The summed E-state index contributed by atoms with van der Waals surface area (Å²) < 4.78 is 1.12. The van der Waals surface area contributed by atoms with E-state index in [9.17, 15) is 0 Å². The molecule has 0 fully saturated rings. The Bertz CT molecular complexity index is 425. The number of nitrogens with one attached hydrogen (secondary N) is 1. The van der Waals surface area contributed by atoms with Crippen molar-refractivity contribution < 1.29 is 0 Å². The number of halogens is 1. The first-order valence-corrected chi connectivity index (χ1v) is 6.77. The van der Waals surface area contributed by atoms with E-state index in [4.69, 9.17) is 0 Å². The highest BCUT2D eigenvalue weighted by molar-refractivity contribution is 9.10. The Morgan fingerprint density at radius 3 is 2.69 bits per heavy atom. The maximum atomic E-state index is 4.12. The van der Waals surface area contributed by atoms with Crippen LogP contribution in [-0.4, -0.2) is 12.0 Å². The molecule has 0 radical (unpaired) electrons. The lowest BCUT2D eigenvalue weighted by Gasteiger charge is -2.13. The summed E-state index contributed by atoms with van der Waals surface area (Å²) in [6.07, 6.45) is 2.93.